The maximum absolute atomic E-state index is 5.17. The molecule has 3 aromatic rings. The van der Waals surface area contributed by atoms with Crippen LogP contribution in [0.25, 0.3) is 10.9 Å². The predicted molar refractivity (Wildman–Crippen MR) is 134 cm³/mol. The zero-order valence-corrected chi connectivity index (χ0v) is 20.6. The number of nitrogens with one attached hydrogen (secondary N) is 3. The van der Waals surface area contributed by atoms with Gasteiger partial charge in [-0.2, -0.15) is 5.10 Å². The Bertz CT molecular complexity index is 962. The zero-order valence-electron chi connectivity index (χ0n) is 18.3. The van der Waals surface area contributed by atoms with Crippen molar-refractivity contribution in [3.63, 3.8) is 0 Å². The molecule has 0 radical (unpaired) electrons. The molecule has 164 valence electrons. The van der Waals surface area contributed by atoms with Gasteiger partial charge in [0.05, 0.1) is 25.4 Å². The predicted octanol–water partition coefficient (Wildman–Crippen LogP) is 3.54. The molecule has 0 bridgehead atoms. The molecule has 3 N–H and O–H groups in total. The van der Waals surface area contributed by atoms with Crippen LogP contribution >= 0.6 is 24.0 Å². The summed E-state index contributed by atoms with van der Waals surface area (Å²) in [7, 11) is 1.71. The highest BCUT2D eigenvalue weighted by Gasteiger charge is 2.11. The number of aliphatic imine (C=N–C) groups is 1. The molecule has 0 atom stereocenters. The van der Waals surface area contributed by atoms with Crippen molar-refractivity contribution in [2.24, 2.45) is 4.99 Å². The number of hydrogen-bond acceptors (Lipinski definition) is 3. The van der Waals surface area contributed by atoms with Gasteiger partial charge in [0.2, 0.25) is 0 Å². The second-order valence-corrected chi connectivity index (χ2v) is 7.10. The lowest BCUT2D eigenvalue weighted by atomic mass is 10.1. The highest BCUT2D eigenvalue weighted by atomic mass is 127. The minimum atomic E-state index is 0. The summed E-state index contributed by atoms with van der Waals surface area (Å²) < 4.78 is 7.17. The summed E-state index contributed by atoms with van der Waals surface area (Å²) in [4.78, 5) is 8.12. The average molecular weight is 524 g/mol. The molecule has 0 saturated carbocycles. The van der Waals surface area contributed by atoms with Gasteiger partial charge in [0.25, 0.3) is 0 Å². The van der Waals surface area contributed by atoms with Gasteiger partial charge in [-0.25, -0.2) is 4.99 Å². The number of methoxy groups -OCH3 is 1. The molecule has 1 aromatic carbocycles. The van der Waals surface area contributed by atoms with E-state index in [4.69, 9.17) is 9.73 Å². The van der Waals surface area contributed by atoms with Gasteiger partial charge in [0.1, 0.15) is 0 Å². The van der Waals surface area contributed by atoms with Crippen LogP contribution in [0.5, 0.6) is 0 Å². The van der Waals surface area contributed by atoms with Crippen LogP contribution in [0.15, 0.2) is 35.5 Å². The molecule has 0 spiro atoms. The molecule has 0 fully saturated rings. The minimum Gasteiger partial charge on any atom is -0.383 e. The smallest absolute Gasteiger partial charge is 0.191 e. The Hall–Kier alpha value is -2.07. The van der Waals surface area contributed by atoms with Crippen molar-refractivity contribution in [3.05, 3.63) is 53.0 Å². The van der Waals surface area contributed by atoms with Gasteiger partial charge in [-0.1, -0.05) is 18.2 Å². The molecule has 30 heavy (non-hydrogen) atoms. The summed E-state index contributed by atoms with van der Waals surface area (Å²) in [6.07, 6.45) is 3.03. The minimum absolute atomic E-state index is 0. The second kappa shape index (κ2) is 11.9. The Kier molecular flexibility index (Phi) is 9.64. The van der Waals surface area contributed by atoms with E-state index in [0.29, 0.717) is 13.2 Å². The standard InChI is InChI=1S/C22H32N6O.HI/c1-5-23-22(24-11-10-18-14-25-21-9-7-6-8-19(18)21)26-15-20-16(2)27-28(17(20)3)12-13-29-4;/h6-9,14,25H,5,10-13,15H2,1-4H3,(H2,23,24,26);1H. The van der Waals surface area contributed by atoms with Crippen molar-refractivity contribution in [3.8, 4) is 0 Å². The van der Waals surface area contributed by atoms with E-state index in [2.05, 4.69) is 65.0 Å². The van der Waals surface area contributed by atoms with Crippen molar-refractivity contribution in [1.82, 2.24) is 25.4 Å². The Balaban J connectivity index is 0.00000320. The number of fused-ring (bicyclic) bond motifs is 1. The third kappa shape index (κ3) is 5.98. The van der Waals surface area contributed by atoms with Crippen LogP contribution in [0, 0.1) is 13.8 Å². The highest BCUT2D eigenvalue weighted by Crippen LogP contribution is 2.18. The Morgan fingerprint density at radius 2 is 2.03 bits per heavy atom. The molecular formula is C22H33IN6O. The highest BCUT2D eigenvalue weighted by molar-refractivity contribution is 14.0. The molecule has 0 unspecified atom stereocenters. The maximum atomic E-state index is 5.17. The first-order valence-electron chi connectivity index (χ1n) is 10.2. The van der Waals surface area contributed by atoms with Crippen molar-refractivity contribution >= 4 is 40.8 Å². The van der Waals surface area contributed by atoms with Crippen LogP contribution in [-0.4, -0.2) is 47.5 Å². The van der Waals surface area contributed by atoms with Crippen LogP contribution in [0.4, 0.5) is 0 Å². The Morgan fingerprint density at radius 1 is 1.23 bits per heavy atom. The van der Waals surface area contributed by atoms with Crippen molar-refractivity contribution in [1.29, 1.82) is 0 Å². The molecule has 2 heterocycles. The Labute approximate surface area is 195 Å². The first-order valence-corrected chi connectivity index (χ1v) is 10.2. The SMILES string of the molecule is CCNC(=NCc1c(C)nn(CCOC)c1C)NCCc1c[nH]c2ccccc12.I. The number of aromatic amines is 1. The van der Waals surface area contributed by atoms with E-state index in [1.807, 2.05) is 11.6 Å². The summed E-state index contributed by atoms with van der Waals surface area (Å²) in [5.41, 5.74) is 5.85. The molecule has 8 heteroatoms. The third-order valence-corrected chi connectivity index (χ3v) is 5.14. The van der Waals surface area contributed by atoms with E-state index in [1.165, 1.54) is 22.0 Å². The number of benzene rings is 1. The first kappa shape index (κ1) is 24.2. The van der Waals surface area contributed by atoms with Crippen molar-refractivity contribution in [2.45, 2.75) is 40.3 Å². The van der Waals surface area contributed by atoms with Crippen molar-refractivity contribution in [2.75, 3.05) is 26.8 Å². The molecule has 0 aliphatic heterocycles. The molecule has 2 aromatic heterocycles. The van der Waals surface area contributed by atoms with E-state index < -0.39 is 0 Å². The number of halogens is 1. The van der Waals surface area contributed by atoms with E-state index in [0.717, 1.165) is 43.4 Å². The number of H-pyrrole nitrogens is 1. The summed E-state index contributed by atoms with van der Waals surface area (Å²) in [6, 6.07) is 8.40. The largest absolute Gasteiger partial charge is 0.383 e. The molecule has 7 nitrogen and oxygen atoms in total. The lowest BCUT2D eigenvalue weighted by Crippen LogP contribution is -2.38. The number of hydrogen-bond donors (Lipinski definition) is 3. The van der Waals surface area contributed by atoms with Gasteiger partial charge in [-0.3, -0.25) is 4.68 Å². The lowest BCUT2D eigenvalue weighted by Gasteiger charge is -2.11. The van der Waals surface area contributed by atoms with Gasteiger partial charge >= 0.3 is 0 Å². The number of para-hydroxylation sites is 1. The van der Waals surface area contributed by atoms with E-state index in [1.54, 1.807) is 7.11 Å². The second-order valence-electron chi connectivity index (χ2n) is 7.10. The fourth-order valence-corrected chi connectivity index (χ4v) is 3.51. The summed E-state index contributed by atoms with van der Waals surface area (Å²) in [5.74, 6) is 0.829. The van der Waals surface area contributed by atoms with Gasteiger partial charge in [0.15, 0.2) is 5.96 Å². The van der Waals surface area contributed by atoms with Crippen LogP contribution in [0.3, 0.4) is 0 Å². The number of rotatable bonds is 9. The molecular weight excluding hydrogens is 491 g/mol. The third-order valence-electron chi connectivity index (χ3n) is 5.14. The Morgan fingerprint density at radius 3 is 2.80 bits per heavy atom. The van der Waals surface area contributed by atoms with Gasteiger partial charge < -0.3 is 20.4 Å². The van der Waals surface area contributed by atoms with E-state index >= 15 is 0 Å². The molecule has 3 rings (SSSR count). The molecule has 0 saturated heterocycles. The average Bonchev–Trinajstić information content (AvgIpc) is 3.25. The first-order chi connectivity index (χ1) is 14.1. The van der Waals surface area contributed by atoms with E-state index in [-0.39, 0.29) is 24.0 Å². The van der Waals surface area contributed by atoms with Gasteiger partial charge in [-0.15, -0.1) is 24.0 Å². The summed E-state index contributed by atoms with van der Waals surface area (Å²) in [6.45, 7) is 9.88. The summed E-state index contributed by atoms with van der Waals surface area (Å²) >= 11 is 0. The van der Waals surface area contributed by atoms with Crippen LogP contribution < -0.4 is 10.6 Å². The van der Waals surface area contributed by atoms with Crippen LogP contribution in [-0.2, 0) is 24.2 Å². The molecule has 0 amide bonds. The molecule has 0 aliphatic rings. The number of guanidine groups is 1. The number of aryl methyl sites for hydroxylation is 1. The number of aromatic nitrogens is 3. The summed E-state index contributed by atoms with van der Waals surface area (Å²) in [5, 5.41) is 12.7. The van der Waals surface area contributed by atoms with Crippen LogP contribution in [0.2, 0.25) is 0 Å². The fourth-order valence-electron chi connectivity index (χ4n) is 3.51. The quantitative estimate of drug-likeness (QED) is 0.227. The number of nitrogens with zero attached hydrogens (tertiary/aromatic N) is 3. The van der Waals surface area contributed by atoms with E-state index in [9.17, 15) is 0 Å². The zero-order chi connectivity index (χ0) is 20.6. The lowest BCUT2D eigenvalue weighted by molar-refractivity contribution is 0.182. The van der Waals surface area contributed by atoms with Gasteiger partial charge in [-0.05, 0) is 38.8 Å². The maximum Gasteiger partial charge on any atom is 0.191 e. The van der Waals surface area contributed by atoms with Crippen LogP contribution in [0.1, 0.15) is 29.4 Å². The fraction of sp³-hybridized carbons (Fsp3) is 0.455. The van der Waals surface area contributed by atoms with Crippen molar-refractivity contribution < 1.29 is 4.74 Å². The monoisotopic (exact) mass is 524 g/mol. The number of ether oxygens (including phenoxy) is 1. The molecule has 0 aliphatic carbocycles. The van der Waals surface area contributed by atoms with Gasteiger partial charge in [0, 0.05) is 48.6 Å². The topological polar surface area (TPSA) is 79.3 Å². The normalized spacial score (nSPS) is 11.5.